The highest BCUT2D eigenvalue weighted by atomic mass is 32.1. The van der Waals surface area contributed by atoms with Gasteiger partial charge in [-0.05, 0) is 140 Å². The first-order chi connectivity index (χ1) is 37.2. The summed E-state index contributed by atoms with van der Waals surface area (Å²) in [7, 11) is 0. The van der Waals surface area contributed by atoms with E-state index in [-0.39, 0.29) is 0 Å². The lowest BCUT2D eigenvalue weighted by molar-refractivity contribution is 1.20. The fourth-order valence-electron chi connectivity index (χ4n) is 11.2. The van der Waals surface area contributed by atoms with E-state index < -0.39 is 0 Å². The van der Waals surface area contributed by atoms with E-state index in [0.717, 1.165) is 28.2 Å². The lowest BCUT2D eigenvalue weighted by Crippen LogP contribution is -2.10. The molecule has 2 heterocycles. The molecule has 0 atom stereocenters. The minimum Gasteiger partial charge on any atom is -0.310 e. The maximum atomic E-state index is 2.49. The van der Waals surface area contributed by atoms with Crippen molar-refractivity contribution in [2.75, 3.05) is 4.90 Å². The lowest BCUT2D eigenvalue weighted by Gasteiger charge is -2.26. The number of nitrogens with zero attached hydrogens (tertiary/aromatic N) is 2. The molecule has 14 rings (SSSR count). The Hall–Kier alpha value is -9.54. The lowest BCUT2D eigenvalue weighted by atomic mass is 9.95. The Morgan fingerprint density at radius 2 is 0.680 bits per heavy atom. The van der Waals surface area contributed by atoms with Crippen LogP contribution in [0.5, 0.6) is 0 Å². The van der Waals surface area contributed by atoms with Gasteiger partial charge in [0.1, 0.15) is 0 Å². The van der Waals surface area contributed by atoms with E-state index in [9.17, 15) is 0 Å². The average Bonchev–Trinajstić information content (AvgIpc) is 4.09. The van der Waals surface area contributed by atoms with Gasteiger partial charge in [0.2, 0.25) is 0 Å². The molecule has 0 fully saturated rings. The summed E-state index contributed by atoms with van der Waals surface area (Å²) in [5.41, 5.74) is 21.2. The van der Waals surface area contributed by atoms with Crippen LogP contribution in [-0.4, -0.2) is 4.57 Å². The van der Waals surface area contributed by atoms with Crippen LogP contribution < -0.4 is 4.90 Å². The first-order valence-electron chi connectivity index (χ1n) is 25.6. The Morgan fingerprint density at radius 1 is 0.253 bits per heavy atom. The van der Waals surface area contributed by atoms with Crippen LogP contribution in [0, 0.1) is 0 Å². The monoisotopic (exact) mass is 972 g/mol. The second kappa shape index (κ2) is 18.8. The molecule has 0 amide bonds. The molecule has 0 saturated carbocycles. The maximum absolute atomic E-state index is 2.49. The third-order valence-corrected chi connectivity index (χ3v) is 16.0. The van der Waals surface area contributed by atoms with Gasteiger partial charge in [-0.15, -0.1) is 11.3 Å². The standard InChI is InChI=1S/C72H48N2S/c1-3-15-49(16-4-1)51-31-35-53(36-32-51)55-39-43-60(44-40-55)73(61-45-41-56(42-46-61)54-37-33-52(34-38-54)50-17-5-2-6-18-50)62-22-12-20-58(48-62)57-19-11-21-59(47-57)63-25-13-27-67-71(63)64-23-7-9-26-66(64)74(67)68-28-14-30-70-72(68)65-24-8-10-29-69(65)75-70/h1-48H. The average molecular weight is 973 g/mol. The number of hydrogen-bond acceptors (Lipinski definition) is 2. The van der Waals surface area contributed by atoms with Crippen LogP contribution in [0.2, 0.25) is 0 Å². The molecule has 2 aromatic heterocycles. The van der Waals surface area contributed by atoms with Crippen molar-refractivity contribution >= 4 is 70.4 Å². The number of hydrogen-bond donors (Lipinski definition) is 0. The van der Waals surface area contributed by atoms with E-state index >= 15 is 0 Å². The van der Waals surface area contributed by atoms with Crippen LogP contribution in [0.1, 0.15) is 0 Å². The Balaban J connectivity index is 0.841. The Bertz CT molecular complexity index is 4230. The van der Waals surface area contributed by atoms with Crippen molar-refractivity contribution in [3.05, 3.63) is 291 Å². The van der Waals surface area contributed by atoms with Crippen LogP contribution >= 0.6 is 11.3 Å². The van der Waals surface area contributed by atoms with E-state index in [1.807, 2.05) is 11.3 Å². The van der Waals surface area contributed by atoms with Gasteiger partial charge < -0.3 is 9.47 Å². The minimum atomic E-state index is 1.08. The zero-order valence-electron chi connectivity index (χ0n) is 41.0. The summed E-state index contributed by atoms with van der Waals surface area (Å²) in [5, 5.41) is 5.10. The highest BCUT2D eigenvalue weighted by molar-refractivity contribution is 7.25. The smallest absolute Gasteiger partial charge is 0.0555 e. The van der Waals surface area contributed by atoms with Gasteiger partial charge in [0, 0.05) is 48.0 Å². The van der Waals surface area contributed by atoms with Gasteiger partial charge >= 0.3 is 0 Å². The van der Waals surface area contributed by atoms with Gasteiger partial charge in [0.25, 0.3) is 0 Å². The zero-order valence-corrected chi connectivity index (χ0v) is 41.8. The van der Waals surface area contributed by atoms with Crippen molar-refractivity contribution in [2.45, 2.75) is 0 Å². The van der Waals surface area contributed by atoms with Gasteiger partial charge in [0.05, 0.1) is 16.7 Å². The van der Waals surface area contributed by atoms with Crippen LogP contribution in [-0.2, 0) is 0 Å². The van der Waals surface area contributed by atoms with Crippen LogP contribution in [0.25, 0.3) is 114 Å². The predicted molar refractivity (Wildman–Crippen MR) is 321 cm³/mol. The van der Waals surface area contributed by atoms with E-state index in [0.29, 0.717) is 0 Å². The number of aromatic nitrogens is 1. The number of rotatable bonds is 10. The molecule has 0 saturated heterocycles. The molecule has 0 unspecified atom stereocenters. The maximum Gasteiger partial charge on any atom is 0.0555 e. The third kappa shape index (κ3) is 8.08. The molecule has 14 aromatic rings. The molecule has 0 bridgehead atoms. The van der Waals surface area contributed by atoms with Crippen molar-refractivity contribution in [1.29, 1.82) is 0 Å². The van der Waals surface area contributed by atoms with E-state index in [1.54, 1.807) is 0 Å². The van der Waals surface area contributed by atoms with Gasteiger partial charge in [-0.3, -0.25) is 0 Å². The molecule has 0 aliphatic rings. The second-order valence-electron chi connectivity index (χ2n) is 19.2. The van der Waals surface area contributed by atoms with Crippen molar-refractivity contribution in [3.8, 4) is 72.4 Å². The number of para-hydroxylation sites is 1. The summed E-state index contributed by atoms with van der Waals surface area (Å²) in [6.07, 6.45) is 0. The van der Waals surface area contributed by atoms with Crippen LogP contribution in [0.15, 0.2) is 291 Å². The highest BCUT2D eigenvalue weighted by Gasteiger charge is 2.20. The molecular formula is C72H48N2S. The van der Waals surface area contributed by atoms with Gasteiger partial charge in [-0.1, -0.05) is 218 Å². The second-order valence-corrected chi connectivity index (χ2v) is 20.3. The fraction of sp³-hybridized carbons (Fsp3) is 0. The van der Waals surface area contributed by atoms with E-state index in [1.165, 1.54) is 103 Å². The summed E-state index contributed by atoms with van der Waals surface area (Å²) < 4.78 is 5.09. The van der Waals surface area contributed by atoms with E-state index in [4.69, 9.17) is 0 Å². The molecular weight excluding hydrogens is 925 g/mol. The quantitative estimate of drug-likeness (QED) is 0.133. The van der Waals surface area contributed by atoms with E-state index in [2.05, 4.69) is 301 Å². The molecule has 0 radical (unpaired) electrons. The number of fused-ring (bicyclic) bond motifs is 6. The normalized spacial score (nSPS) is 11.5. The molecule has 352 valence electrons. The molecule has 0 spiro atoms. The topological polar surface area (TPSA) is 8.17 Å². The molecule has 75 heavy (non-hydrogen) atoms. The predicted octanol–water partition coefficient (Wildman–Crippen LogP) is 20.6. The molecule has 3 heteroatoms. The molecule has 12 aromatic carbocycles. The van der Waals surface area contributed by atoms with Gasteiger partial charge in [0.15, 0.2) is 0 Å². The summed E-state index contributed by atoms with van der Waals surface area (Å²) in [4.78, 5) is 2.38. The fourth-order valence-corrected chi connectivity index (χ4v) is 12.3. The molecule has 0 aliphatic carbocycles. The Labute approximate surface area is 440 Å². The zero-order chi connectivity index (χ0) is 49.7. The molecule has 0 N–H and O–H groups in total. The molecule has 0 aliphatic heterocycles. The first-order valence-corrected chi connectivity index (χ1v) is 26.5. The summed E-state index contributed by atoms with van der Waals surface area (Å²) in [5.74, 6) is 0. The number of benzene rings is 12. The van der Waals surface area contributed by atoms with Gasteiger partial charge in [-0.25, -0.2) is 0 Å². The van der Waals surface area contributed by atoms with Crippen molar-refractivity contribution in [3.63, 3.8) is 0 Å². The Morgan fingerprint density at radius 3 is 1.29 bits per heavy atom. The largest absolute Gasteiger partial charge is 0.310 e. The van der Waals surface area contributed by atoms with Crippen molar-refractivity contribution < 1.29 is 0 Å². The third-order valence-electron chi connectivity index (χ3n) is 14.8. The van der Waals surface area contributed by atoms with Crippen LogP contribution in [0.3, 0.4) is 0 Å². The Kier molecular flexibility index (Phi) is 11.1. The van der Waals surface area contributed by atoms with Crippen LogP contribution in [0.4, 0.5) is 17.1 Å². The number of anilines is 3. The summed E-state index contributed by atoms with van der Waals surface area (Å²) in [6, 6.07) is 106. The highest BCUT2D eigenvalue weighted by Crippen LogP contribution is 2.45. The first kappa shape index (κ1) is 44.2. The minimum absolute atomic E-state index is 1.08. The van der Waals surface area contributed by atoms with Gasteiger partial charge in [-0.2, -0.15) is 0 Å². The molecule has 2 nitrogen and oxygen atoms in total. The van der Waals surface area contributed by atoms with Crippen molar-refractivity contribution in [1.82, 2.24) is 4.57 Å². The number of thiophene rings is 1. The van der Waals surface area contributed by atoms with Crippen molar-refractivity contribution in [2.24, 2.45) is 0 Å². The SMILES string of the molecule is c1ccc(-c2ccc(-c3ccc(N(c4ccc(-c5ccc(-c6ccccc6)cc5)cc4)c4cccc(-c5cccc(-c6cccc7c6c6ccccc6n7-c6cccc7sc8ccccc8c67)c5)c4)cc3)cc2)cc1. The summed E-state index contributed by atoms with van der Waals surface area (Å²) in [6.45, 7) is 0. The summed E-state index contributed by atoms with van der Waals surface area (Å²) >= 11 is 1.87.